The van der Waals surface area contributed by atoms with E-state index in [9.17, 15) is 4.79 Å². The van der Waals surface area contributed by atoms with Crippen LogP contribution in [0.2, 0.25) is 0 Å². The fourth-order valence-electron chi connectivity index (χ4n) is 1.28. The van der Waals surface area contributed by atoms with Crippen LogP contribution < -0.4 is 11.1 Å². The molecular weight excluding hydrogens is 188 g/mol. The van der Waals surface area contributed by atoms with Crippen LogP contribution in [0.5, 0.6) is 0 Å². The normalized spacial score (nSPS) is 27.2. The second-order valence-electron chi connectivity index (χ2n) is 3.20. The van der Waals surface area contributed by atoms with E-state index in [4.69, 9.17) is 10.5 Å². The first-order valence-corrected chi connectivity index (χ1v) is 4.72. The maximum atomic E-state index is 11.3. The molecule has 1 aliphatic rings. The Balaban J connectivity index is 2.27. The van der Waals surface area contributed by atoms with Crippen LogP contribution in [0.25, 0.3) is 0 Å². The van der Waals surface area contributed by atoms with Gasteiger partial charge in [-0.3, -0.25) is 4.79 Å². The molecule has 0 bridgehead atoms. The Morgan fingerprint density at radius 3 is 2.85 bits per heavy atom. The van der Waals surface area contributed by atoms with Crippen molar-refractivity contribution in [2.75, 3.05) is 6.54 Å². The quantitative estimate of drug-likeness (QED) is 0.630. The van der Waals surface area contributed by atoms with Crippen molar-refractivity contribution in [1.29, 1.82) is 0 Å². The molecule has 1 aliphatic heterocycles. The topological polar surface area (TPSA) is 64.4 Å². The summed E-state index contributed by atoms with van der Waals surface area (Å²) in [5.41, 5.74) is 5.24. The lowest BCUT2D eigenvalue weighted by Gasteiger charge is -2.10. The number of carbonyl (C=O) groups is 1. The zero-order chi connectivity index (χ0) is 9.84. The number of carbonyl (C=O) groups excluding carboxylic acids is 1. The van der Waals surface area contributed by atoms with Crippen molar-refractivity contribution in [3.63, 3.8) is 0 Å². The predicted molar refractivity (Wildman–Crippen MR) is 53.4 cm³/mol. The van der Waals surface area contributed by atoms with Crippen LogP contribution in [-0.4, -0.2) is 29.6 Å². The van der Waals surface area contributed by atoms with Crippen molar-refractivity contribution < 1.29 is 9.53 Å². The van der Waals surface area contributed by atoms with Gasteiger partial charge in [-0.1, -0.05) is 12.2 Å². The number of nitrogens with one attached hydrogen (secondary N) is 1. The van der Waals surface area contributed by atoms with Gasteiger partial charge in [0, 0.05) is 0 Å². The van der Waals surface area contributed by atoms with Crippen LogP contribution in [0.4, 0.5) is 0 Å². The van der Waals surface area contributed by atoms with Gasteiger partial charge in [0.15, 0.2) is 0 Å². The molecule has 5 heteroatoms. The Hall–Kier alpha value is -0.680. The van der Waals surface area contributed by atoms with E-state index in [1.54, 1.807) is 0 Å². The summed E-state index contributed by atoms with van der Waals surface area (Å²) in [4.78, 5) is 11.6. The van der Waals surface area contributed by atoms with Crippen molar-refractivity contribution in [2.45, 2.75) is 32.0 Å². The van der Waals surface area contributed by atoms with Crippen molar-refractivity contribution in [3.05, 3.63) is 0 Å². The van der Waals surface area contributed by atoms with Crippen LogP contribution in [0.3, 0.4) is 0 Å². The lowest BCUT2D eigenvalue weighted by molar-refractivity contribution is -0.131. The summed E-state index contributed by atoms with van der Waals surface area (Å²) in [7, 11) is 0. The lowest BCUT2D eigenvalue weighted by atomic mass is 10.2. The lowest BCUT2D eigenvalue weighted by Crippen LogP contribution is -2.39. The van der Waals surface area contributed by atoms with Crippen LogP contribution >= 0.6 is 12.2 Å². The Morgan fingerprint density at radius 1 is 1.69 bits per heavy atom. The molecular formula is C8H14N2O2S. The van der Waals surface area contributed by atoms with E-state index in [0.717, 1.165) is 12.8 Å². The average molecular weight is 202 g/mol. The molecule has 3 N–H and O–H groups in total. The van der Waals surface area contributed by atoms with Crippen molar-refractivity contribution in [2.24, 2.45) is 5.73 Å². The largest absolute Gasteiger partial charge is 0.392 e. The number of hydrogen-bond acceptors (Lipinski definition) is 3. The summed E-state index contributed by atoms with van der Waals surface area (Å²) in [5.74, 6) is -0.114. The third-order valence-corrected chi connectivity index (χ3v) is 2.11. The molecule has 74 valence electrons. The minimum atomic E-state index is -0.315. The maximum Gasteiger partial charge on any atom is 0.249 e. The molecule has 1 rings (SSSR count). The first-order valence-electron chi connectivity index (χ1n) is 4.31. The van der Waals surface area contributed by atoms with Crippen molar-refractivity contribution >= 4 is 23.1 Å². The summed E-state index contributed by atoms with van der Waals surface area (Å²) >= 11 is 4.63. The van der Waals surface area contributed by atoms with E-state index >= 15 is 0 Å². The van der Waals surface area contributed by atoms with Crippen LogP contribution in [0.1, 0.15) is 19.8 Å². The highest BCUT2D eigenvalue weighted by molar-refractivity contribution is 7.80. The summed E-state index contributed by atoms with van der Waals surface area (Å²) in [6.45, 7) is 2.21. The molecule has 1 amide bonds. The SMILES string of the molecule is CC1CCC(C(=O)NCC(N)=S)O1. The van der Waals surface area contributed by atoms with E-state index in [0.29, 0.717) is 4.99 Å². The summed E-state index contributed by atoms with van der Waals surface area (Å²) in [5, 5.41) is 2.61. The first kappa shape index (κ1) is 10.4. The zero-order valence-corrected chi connectivity index (χ0v) is 8.39. The molecule has 0 radical (unpaired) electrons. The third kappa shape index (κ3) is 3.28. The van der Waals surface area contributed by atoms with Crippen molar-refractivity contribution in [1.82, 2.24) is 5.32 Å². The van der Waals surface area contributed by atoms with E-state index in [1.807, 2.05) is 6.92 Å². The van der Waals surface area contributed by atoms with Gasteiger partial charge >= 0.3 is 0 Å². The molecule has 0 aliphatic carbocycles. The molecule has 4 nitrogen and oxygen atoms in total. The standard InChI is InChI=1S/C8H14N2O2S/c1-5-2-3-6(12-5)8(11)10-4-7(9)13/h5-6H,2-4H2,1H3,(H2,9,13)(H,10,11). The molecule has 0 spiro atoms. The first-order chi connectivity index (χ1) is 6.09. The molecule has 0 aromatic heterocycles. The summed E-state index contributed by atoms with van der Waals surface area (Å²) in [6.07, 6.45) is 1.58. The molecule has 0 saturated carbocycles. The Morgan fingerprint density at radius 2 is 2.38 bits per heavy atom. The van der Waals surface area contributed by atoms with E-state index in [2.05, 4.69) is 17.5 Å². The predicted octanol–water partition coefficient (Wildman–Crippen LogP) is -0.0438. The summed E-state index contributed by atoms with van der Waals surface area (Å²) in [6, 6.07) is 0. The van der Waals surface area contributed by atoms with E-state index in [-0.39, 0.29) is 24.7 Å². The third-order valence-electron chi connectivity index (χ3n) is 1.96. The number of amides is 1. The molecule has 1 saturated heterocycles. The van der Waals surface area contributed by atoms with E-state index in [1.165, 1.54) is 0 Å². The molecule has 0 aromatic carbocycles. The van der Waals surface area contributed by atoms with Gasteiger partial charge < -0.3 is 15.8 Å². The molecule has 0 aromatic rings. The Bertz CT molecular complexity index is 220. The number of nitrogens with two attached hydrogens (primary N) is 1. The van der Waals surface area contributed by atoms with Crippen molar-refractivity contribution in [3.8, 4) is 0 Å². The number of thiocarbonyl (C=S) groups is 1. The number of ether oxygens (including phenoxy) is 1. The highest BCUT2D eigenvalue weighted by atomic mass is 32.1. The fourth-order valence-corrected chi connectivity index (χ4v) is 1.36. The van der Waals surface area contributed by atoms with Gasteiger partial charge in [0.2, 0.25) is 5.91 Å². The van der Waals surface area contributed by atoms with Gasteiger partial charge in [-0.25, -0.2) is 0 Å². The maximum absolute atomic E-state index is 11.3. The van der Waals surface area contributed by atoms with Gasteiger partial charge in [0.05, 0.1) is 17.6 Å². The van der Waals surface area contributed by atoms with Crippen LogP contribution in [0, 0.1) is 0 Å². The minimum Gasteiger partial charge on any atom is -0.392 e. The fraction of sp³-hybridized carbons (Fsp3) is 0.750. The Labute approximate surface area is 82.8 Å². The molecule has 13 heavy (non-hydrogen) atoms. The second-order valence-corrected chi connectivity index (χ2v) is 3.72. The van der Waals surface area contributed by atoms with Gasteiger partial charge in [-0.05, 0) is 19.8 Å². The second kappa shape index (κ2) is 4.53. The van der Waals surface area contributed by atoms with Gasteiger partial charge in [-0.2, -0.15) is 0 Å². The Kier molecular flexibility index (Phi) is 3.62. The molecule has 1 fully saturated rings. The van der Waals surface area contributed by atoms with Gasteiger partial charge in [-0.15, -0.1) is 0 Å². The van der Waals surface area contributed by atoms with E-state index < -0.39 is 0 Å². The molecule has 2 atom stereocenters. The monoisotopic (exact) mass is 202 g/mol. The number of rotatable bonds is 3. The highest BCUT2D eigenvalue weighted by Gasteiger charge is 2.27. The molecule has 2 unspecified atom stereocenters. The molecule has 1 heterocycles. The zero-order valence-electron chi connectivity index (χ0n) is 7.58. The minimum absolute atomic E-state index is 0.114. The summed E-state index contributed by atoms with van der Waals surface area (Å²) < 4.78 is 5.36. The van der Waals surface area contributed by atoms with Crippen LogP contribution in [0.15, 0.2) is 0 Å². The highest BCUT2D eigenvalue weighted by Crippen LogP contribution is 2.18. The van der Waals surface area contributed by atoms with Gasteiger partial charge in [0.1, 0.15) is 6.10 Å². The number of hydrogen-bond donors (Lipinski definition) is 2. The smallest absolute Gasteiger partial charge is 0.249 e. The van der Waals surface area contributed by atoms with Gasteiger partial charge in [0.25, 0.3) is 0 Å². The average Bonchev–Trinajstić information content (AvgIpc) is 2.47. The van der Waals surface area contributed by atoms with Crippen LogP contribution in [-0.2, 0) is 9.53 Å².